The first kappa shape index (κ1) is 16.7. The highest BCUT2D eigenvalue weighted by Crippen LogP contribution is 2.27. The van der Waals surface area contributed by atoms with Gasteiger partial charge in [-0.25, -0.2) is 4.98 Å². The number of pyridine rings is 2. The average Bonchev–Trinajstić information content (AvgIpc) is 2.92. The fraction of sp³-hybridized carbons (Fsp3) is 0.0526. The standard InChI is InChI=1S/C19H13N3O2S2/c1-10-12-6-2-3-7-13(12)21-18(24)16(10)14-8-4-5-11(20-14)9-15-17(23)22-19(25)26-15/h2-9H,1H3,(H,21,24)(H,22,23,25)/b15-9-. The van der Waals surface area contributed by atoms with Crippen LogP contribution in [0.1, 0.15) is 11.3 Å². The highest BCUT2D eigenvalue weighted by atomic mass is 32.2. The first-order chi connectivity index (χ1) is 12.5. The zero-order valence-corrected chi connectivity index (χ0v) is 15.3. The van der Waals surface area contributed by atoms with Gasteiger partial charge in [-0.3, -0.25) is 9.59 Å². The molecule has 2 N–H and O–H groups in total. The summed E-state index contributed by atoms with van der Waals surface area (Å²) >= 11 is 6.20. The van der Waals surface area contributed by atoms with Crippen LogP contribution in [0.2, 0.25) is 0 Å². The third-order valence-corrected chi connectivity index (χ3v) is 5.29. The van der Waals surface area contributed by atoms with Gasteiger partial charge in [0.2, 0.25) is 0 Å². The van der Waals surface area contributed by atoms with Crippen molar-refractivity contribution >= 4 is 51.2 Å². The van der Waals surface area contributed by atoms with Gasteiger partial charge in [0.15, 0.2) is 0 Å². The smallest absolute Gasteiger partial charge is 0.263 e. The number of hydrogen-bond donors (Lipinski definition) is 2. The summed E-state index contributed by atoms with van der Waals surface area (Å²) in [5.74, 6) is -0.230. The summed E-state index contributed by atoms with van der Waals surface area (Å²) in [6, 6.07) is 13.1. The highest BCUT2D eigenvalue weighted by Gasteiger charge is 2.22. The van der Waals surface area contributed by atoms with Crippen molar-refractivity contribution in [3.8, 4) is 11.3 Å². The first-order valence-corrected chi connectivity index (χ1v) is 9.09. The highest BCUT2D eigenvalue weighted by molar-refractivity contribution is 8.26. The van der Waals surface area contributed by atoms with Gasteiger partial charge >= 0.3 is 0 Å². The van der Waals surface area contributed by atoms with Gasteiger partial charge in [-0.05, 0) is 36.8 Å². The van der Waals surface area contributed by atoms with Crippen LogP contribution in [0.3, 0.4) is 0 Å². The number of carbonyl (C=O) groups is 1. The molecule has 5 nitrogen and oxygen atoms in total. The van der Waals surface area contributed by atoms with E-state index in [9.17, 15) is 9.59 Å². The zero-order chi connectivity index (χ0) is 18.3. The number of aryl methyl sites for hydroxylation is 1. The fourth-order valence-corrected chi connectivity index (χ4v) is 3.97. The van der Waals surface area contributed by atoms with Crippen LogP contribution < -0.4 is 10.9 Å². The number of H-pyrrole nitrogens is 1. The number of aromatic nitrogens is 2. The van der Waals surface area contributed by atoms with Crippen molar-refractivity contribution in [3.05, 3.63) is 69.0 Å². The van der Waals surface area contributed by atoms with Crippen LogP contribution in [0, 0.1) is 6.92 Å². The summed E-state index contributed by atoms with van der Waals surface area (Å²) in [5, 5.41) is 3.55. The van der Waals surface area contributed by atoms with Crippen LogP contribution >= 0.6 is 24.0 Å². The Kier molecular flexibility index (Phi) is 4.18. The van der Waals surface area contributed by atoms with E-state index in [1.54, 1.807) is 18.2 Å². The van der Waals surface area contributed by atoms with Gasteiger partial charge in [0, 0.05) is 10.9 Å². The minimum absolute atomic E-state index is 0.187. The van der Waals surface area contributed by atoms with E-state index < -0.39 is 0 Å². The Balaban J connectivity index is 1.84. The summed E-state index contributed by atoms with van der Waals surface area (Å²) in [4.78, 5) is 32.4. The Labute approximate surface area is 158 Å². The molecule has 1 saturated heterocycles. The quantitative estimate of drug-likeness (QED) is 0.527. The van der Waals surface area contributed by atoms with E-state index in [0.717, 1.165) is 16.5 Å². The zero-order valence-electron chi connectivity index (χ0n) is 13.7. The van der Waals surface area contributed by atoms with Crippen LogP contribution in [0.5, 0.6) is 0 Å². The molecule has 7 heteroatoms. The Morgan fingerprint density at radius 3 is 2.69 bits per heavy atom. The molecule has 3 aromatic rings. The molecule has 0 radical (unpaired) electrons. The molecular formula is C19H13N3O2S2. The summed E-state index contributed by atoms with van der Waals surface area (Å²) in [5.41, 5.74) is 3.17. The second-order valence-electron chi connectivity index (χ2n) is 5.80. The lowest BCUT2D eigenvalue weighted by molar-refractivity contribution is -0.115. The molecule has 0 atom stereocenters. The Morgan fingerprint density at radius 1 is 1.12 bits per heavy atom. The molecule has 0 saturated carbocycles. The van der Waals surface area contributed by atoms with Crippen molar-refractivity contribution in [1.29, 1.82) is 0 Å². The van der Waals surface area contributed by atoms with Gasteiger partial charge < -0.3 is 10.3 Å². The Morgan fingerprint density at radius 2 is 1.92 bits per heavy atom. The number of amides is 1. The van der Waals surface area contributed by atoms with Crippen LogP contribution in [0.4, 0.5) is 0 Å². The van der Waals surface area contributed by atoms with E-state index in [-0.39, 0.29) is 11.5 Å². The number of hydrogen-bond acceptors (Lipinski definition) is 5. The minimum atomic E-state index is -0.230. The van der Waals surface area contributed by atoms with E-state index in [4.69, 9.17) is 12.2 Å². The van der Waals surface area contributed by atoms with Crippen molar-refractivity contribution in [3.63, 3.8) is 0 Å². The fourth-order valence-electron chi connectivity index (χ4n) is 2.94. The number of thiocarbonyl (C=S) groups is 1. The van der Waals surface area contributed by atoms with Gasteiger partial charge in [-0.2, -0.15) is 0 Å². The molecular weight excluding hydrogens is 366 g/mol. The predicted octanol–water partition coefficient (Wildman–Crippen LogP) is 3.39. The van der Waals surface area contributed by atoms with Crippen molar-refractivity contribution in [1.82, 2.24) is 15.3 Å². The first-order valence-electron chi connectivity index (χ1n) is 7.87. The number of nitrogens with zero attached hydrogens (tertiary/aromatic N) is 1. The van der Waals surface area contributed by atoms with Crippen LogP contribution in [0.25, 0.3) is 28.2 Å². The van der Waals surface area contributed by atoms with Crippen LogP contribution in [-0.2, 0) is 4.79 Å². The van der Waals surface area contributed by atoms with Crippen LogP contribution in [0.15, 0.2) is 52.2 Å². The van der Waals surface area contributed by atoms with Gasteiger partial charge in [0.25, 0.3) is 11.5 Å². The summed E-state index contributed by atoms with van der Waals surface area (Å²) < 4.78 is 0.430. The topological polar surface area (TPSA) is 74.8 Å². The number of carbonyl (C=O) groups excluding carboxylic acids is 1. The molecule has 1 fully saturated rings. The number of para-hydroxylation sites is 1. The number of aromatic amines is 1. The number of nitrogens with one attached hydrogen (secondary N) is 2. The molecule has 0 bridgehead atoms. The van der Waals surface area contributed by atoms with Gasteiger partial charge in [0.1, 0.15) is 4.32 Å². The van der Waals surface area contributed by atoms with Crippen molar-refractivity contribution < 1.29 is 4.79 Å². The number of fused-ring (bicyclic) bond motifs is 1. The average molecular weight is 379 g/mol. The molecule has 1 amide bonds. The second-order valence-corrected chi connectivity index (χ2v) is 7.52. The van der Waals surface area contributed by atoms with Crippen molar-refractivity contribution in [2.75, 3.05) is 0 Å². The lowest BCUT2D eigenvalue weighted by Crippen LogP contribution is -2.17. The number of thioether (sulfide) groups is 1. The van der Waals surface area contributed by atoms with Gasteiger partial charge in [0.05, 0.1) is 21.9 Å². The molecule has 1 aliphatic rings. The Hall–Kier alpha value is -2.77. The Bertz CT molecular complexity index is 1160. The lowest BCUT2D eigenvalue weighted by Gasteiger charge is -2.09. The molecule has 3 heterocycles. The monoisotopic (exact) mass is 379 g/mol. The molecule has 0 aliphatic carbocycles. The number of benzene rings is 1. The molecule has 4 rings (SSSR count). The number of rotatable bonds is 2. The molecule has 128 valence electrons. The molecule has 2 aromatic heterocycles. The van der Waals surface area contributed by atoms with Crippen molar-refractivity contribution in [2.24, 2.45) is 0 Å². The minimum Gasteiger partial charge on any atom is -0.321 e. The predicted molar refractivity (Wildman–Crippen MR) is 109 cm³/mol. The maximum Gasteiger partial charge on any atom is 0.263 e. The normalized spacial score (nSPS) is 15.7. The maximum absolute atomic E-state index is 12.6. The summed E-state index contributed by atoms with van der Waals surface area (Å²) in [6.07, 6.45) is 1.67. The third-order valence-electron chi connectivity index (χ3n) is 4.13. The molecule has 26 heavy (non-hydrogen) atoms. The van der Waals surface area contributed by atoms with Crippen molar-refractivity contribution in [2.45, 2.75) is 6.92 Å². The van der Waals surface area contributed by atoms with Gasteiger partial charge in [-0.1, -0.05) is 48.2 Å². The second kappa shape index (κ2) is 6.51. The third kappa shape index (κ3) is 2.95. The largest absolute Gasteiger partial charge is 0.321 e. The molecule has 1 aromatic carbocycles. The van der Waals surface area contributed by atoms with E-state index in [2.05, 4.69) is 15.3 Å². The van der Waals surface area contributed by atoms with Crippen LogP contribution in [-0.4, -0.2) is 20.2 Å². The summed E-state index contributed by atoms with van der Waals surface area (Å²) in [7, 11) is 0. The maximum atomic E-state index is 12.6. The van der Waals surface area contributed by atoms with E-state index in [1.807, 2.05) is 37.3 Å². The summed E-state index contributed by atoms with van der Waals surface area (Å²) in [6.45, 7) is 1.92. The SMILES string of the molecule is Cc1c(-c2cccc(/C=C3\SC(=S)NC3=O)n2)c(=O)[nH]c2ccccc12. The lowest BCUT2D eigenvalue weighted by atomic mass is 10.0. The molecule has 0 unspecified atom stereocenters. The van der Waals surface area contributed by atoms with E-state index >= 15 is 0 Å². The van der Waals surface area contributed by atoms with Gasteiger partial charge in [-0.15, -0.1) is 0 Å². The van der Waals surface area contributed by atoms with E-state index in [0.29, 0.717) is 26.2 Å². The molecule has 0 spiro atoms. The van der Waals surface area contributed by atoms with E-state index in [1.165, 1.54) is 11.8 Å². The molecule has 1 aliphatic heterocycles.